The average Bonchev–Trinajstić information content (AvgIpc) is 2.32. The Balaban J connectivity index is 2.83. The van der Waals surface area contributed by atoms with Gasteiger partial charge >= 0.3 is 0 Å². The van der Waals surface area contributed by atoms with E-state index in [4.69, 9.17) is 10.5 Å². The molecule has 0 aliphatic carbocycles. The second kappa shape index (κ2) is 6.06. The summed E-state index contributed by atoms with van der Waals surface area (Å²) in [5.41, 5.74) is 8.28. The van der Waals surface area contributed by atoms with Gasteiger partial charge in [-0.1, -0.05) is 13.8 Å². The first-order valence-corrected chi connectivity index (χ1v) is 6.44. The average molecular weight is 264 g/mol. The maximum atomic E-state index is 12.0. The molecule has 0 aliphatic heterocycles. The molecule has 0 saturated heterocycles. The Morgan fingerprint density at radius 1 is 1.32 bits per heavy atom. The number of carbonyl (C=O) groups is 1. The number of benzene rings is 1. The van der Waals surface area contributed by atoms with Crippen molar-refractivity contribution in [1.82, 2.24) is 0 Å². The van der Waals surface area contributed by atoms with E-state index in [0.717, 1.165) is 22.6 Å². The van der Waals surface area contributed by atoms with Crippen LogP contribution in [-0.2, 0) is 4.79 Å². The molecule has 0 spiro atoms. The van der Waals surface area contributed by atoms with Gasteiger partial charge in [0, 0.05) is 12.1 Å². The van der Waals surface area contributed by atoms with E-state index in [-0.39, 0.29) is 11.3 Å². The molecule has 0 aromatic heterocycles. The SMILES string of the molecule is COc1cc(C)c(NC(=O)CC(C)(C)CN)cc1C. The molecule has 1 amide bonds. The first-order valence-electron chi connectivity index (χ1n) is 6.44. The Morgan fingerprint density at radius 3 is 2.47 bits per heavy atom. The lowest BCUT2D eigenvalue weighted by atomic mass is 9.89. The van der Waals surface area contributed by atoms with Crippen molar-refractivity contribution >= 4 is 11.6 Å². The number of rotatable bonds is 5. The minimum atomic E-state index is -0.181. The van der Waals surface area contributed by atoms with Crippen LogP contribution in [0.15, 0.2) is 12.1 Å². The lowest BCUT2D eigenvalue weighted by Gasteiger charge is -2.22. The monoisotopic (exact) mass is 264 g/mol. The smallest absolute Gasteiger partial charge is 0.224 e. The number of aryl methyl sites for hydroxylation is 2. The van der Waals surface area contributed by atoms with Gasteiger partial charge in [-0.25, -0.2) is 0 Å². The first kappa shape index (κ1) is 15.5. The summed E-state index contributed by atoms with van der Waals surface area (Å²) in [4.78, 5) is 12.0. The third-order valence-electron chi connectivity index (χ3n) is 3.21. The molecule has 1 aromatic carbocycles. The van der Waals surface area contributed by atoms with Gasteiger partial charge in [0.2, 0.25) is 5.91 Å². The molecule has 1 rings (SSSR count). The van der Waals surface area contributed by atoms with Crippen LogP contribution in [0.2, 0.25) is 0 Å². The summed E-state index contributed by atoms with van der Waals surface area (Å²) in [6.45, 7) is 8.36. The number of methoxy groups -OCH3 is 1. The van der Waals surface area contributed by atoms with Crippen LogP contribution in [0.3, 0.4) is 0 Å². The predicted octanol–water partition coefficient (Wildman–Crippen LogP) is 2.63. The van der Waals surface area contributed by atoms with Gasteiger partial charge in [0.15, 0.2) is 0 Å². The van der Waals surface area contributed by atoms with Gasteiger partial charge in [0.1, 0.15) is 5.75 Å². The summed E-state index contributed by atoms with van der Waals surface area (Å²) in [5, 5.41) is 2.94. The Hall–Kier alpha value is -1.55. The Kier molecular flexibility index (Phi) is 4.95. The van der Waals surface area contributed by atoms with Gasteiger partial charge in [-0.15, -0.1) is 0 Å². The van der Waals surface area contributed by atoms with Crippen LogP contribution in [0, 0.1) is 19.3 Å². The van der Waals surface area contributed by atoms with Crippen molar-refractivity contribution in [2.24, 2.45) is 11.1 Å². The first-order chi connectivity index (χ1) is 8.79. The van der Waals surface area contributed by atoms with E-state index in [1.54, 1.807) is 7.11 Å². The number of hydrogen-bond donors (Lipinski definition) is 2. The van der Waals surface area contributed by atoms with Crippen LogP contribution in [0.1, 0.15) is 31.4 Å². The van der Waals surface area contributed by atoms with Gasteiger partial charge in [0.25, 0.3) is 0 Å². The molecule has 106 valence electrons. The Morgan fingerprint density at radius 2 is 1.95 bits per heavy atom. The van der Waals surface area contributed by atoms with Crippen molar-refractivity contribution in [1.29, 1.82) is 0 Å². The summed E-state index contributed by atoms with van der Waals surface area (Å²) in [6.07, 6.45) is 0.411. The molecule has 4 nitrogen and oxygen atoms in total. The largest absolute Gasteiger partial charge is 0.496 e. The molecular formula is C15H24N2O2. The van der Waals surface area contributed by atoms with E-state index in [9.17, 15) is 4.79 Å². The third kappa shape index (κ3) is 4.24. The minimum absolute atomic E-state index is 0.0110. The van der Waals surface area contributed by atoms with Crippen LogP contribution in [0.25, 0.3) is 0 Å². The second-order valence-electron chi connectivity index (χ2n) is 5.73. The number of anilines is 1. The standard InChI is InChI=1S/C15H24N2O2/c1-10-7-13(19-5)11(2)6-12(10)17-14(18)8-15(3,4)9-16/h6-7H,8-9,16H2,1-5H3,(H,17,18). The molecule has 0 fully saturated rings. The van der Waals surface area contributed by atoms with Crippen molar-refractivity contribution < 1.29 is 9.53 Å². The maximum absolute atomic E-state index is 12.0. The van der Waals surface area contributed by atoms with E-state index in [1.165, 1.54) is 0 Å². The van der Waals surface area contributed by atoms with Crippen LogP contribution in [0.5, 0.6) is 5.75 Å². The van der Waals surface area contributed by atoms with Crippen molar-refractivity contribution in [2.45, 2.75) is 34.1 Å². The molecule has 0 bridgehead atoms. The Labute approximate surface area is 115 Å². The van der Waals surface area contributed by atoms with Gasteiger partial charge < -0.3 is 15.8 Å². The van der Waals surface area contributed by atoms with E-state index in [2.05, 4.69) is 5.32 Å². The van der Waals surface area contributed by atoms with Crippen molar-refractivity contribution in [3.8, 4) is 5.75 Å². The van der Waals surface area contributed by atoms with Crippen LogP contribution < -0.4 is 15.8 Å². The number of ether oxygens (including phenoxy) is 1. The normalized spacial score (nSPS) is 11.3. The molecule has 0 radical (unpaired) electrons. The van der Waals surface area contributed by atoms with E-state index >= 15 is 0 Å². The van der Waals surface area contributed by atoms with Crippen LogP contribution >= 0.6 is 0 Å². The second-order valence-corrected chi connectivity index (χ2v) is 5.73. The summed E-state index contributed by atoms with van der Waals surface area (Å²) in [6, 6.07) is 3.86. The van der Waals surface area contributed by atoms with Crippen LogP contribution in [0.4, 0.5) is 5.69 Å². The molecule has 19 heavy (non-hydrogen) atoms. The quantitative estimate of drug-likeness (QED) is 0.859. The molecule has 0 heterocycles. The zero-order valence-corrected chi connectivity index (χ0v) is 12.5. The van der Waals surface area contributed by atoms with Crippen LogP contribution in [-0.4, -0.2) is 19.6 Å². The fourth-order valence-electron chi connectivity index (χ4n) is 1.85. The molecule has 0 unspecified atom stereocenters. The molecule has 3 N–H and O–H groups in total. The molecule has 0 aliphatic rings. The fraction of sp³-hybridized carbons (Fsp3) is 0.533. The highest BCUT2D eigenvalue weighted by atomic mass is 16.5. The maximum Gasteiger partial charge on any atom is 0.224 e. The zero-order valence-electron chi connectivity index (χ0n) is 12.5. The number of hydrogen-bond acceptors (Lipinski definition) is 3. The van der Waals surface area contributed by atoms with Gasteiger partial charge in [-0.3, -0.25) is 4.79 Å². The summed E-state index contributed by atoms with van der Waals surface area (Å²) in [7, 11) is 1.64. The third-order valence-corrected chi connectivity index (χ3v) is 3.21. The lowest BCUT2D eigenvalue weighted by Crippen LogP contribution is -2.29. The van der Waals surface area contributed by atoms with Crippen molar-refractivity contribution in [3.63, 3.8) is 0 Å². The summed E-state index contributed by atoms with van der Waals surface area (Å²) >= 11 is 0. The van der Waals surface area contributed by atoms with Gasteiger partial charge in [-0.2, -0.15) is 0 Å². The predicted molar refractivity (Wildman–Crippen MR) is 78.6 cm³/mol. The lowest BCUT2D eigenvalue weighted by molar-refractivity contribution is -0.117. The molecule has 0 saturated carbocycles. The number of amides is 1. The summed E-state index contributed by atoms with van der Waals surface area (Å²) < 4.78 is 5.25. The molecular weight excluding hydrogens is 240 g/mol. The molecule has 0 atom stereocenters. The zero-order chi connectivity index (χ0) is 14.6. The van der Waals surface area contributed by atoms with Crippen molar-refractivity contribution in [3.05, 3.63) is 23.3 Å². The summed E-state index contributed by atoms with van der Waals surface area (Å²) in [5.74, 6) is 0.820. The number of nitrogens with one attached hydrogen (secondary N) is 1. The van der Waals surface area contributed by atoms with Crippen molar-refractivity contribution in [2.75, 3.05) is 19.0 Å². The topological polar surface area (TPSA) is 64.3 Å². The molecule has 4 heteroatoms. The highest BCUT2D eigenvalue weighted by Crippen LogP contribution is 2.27. The fourth-order valence-corrected chi connectivity index (χ4v) is 1.85. The van der Waals surface area contributed by atoms with Gasteiger partial charge in [-0.05, 0) is 49.1 Å². The number of carbonyl (C=O) groups excluding carboxylic acids is 1. The highest BCUT2D eigenvalue weighted by Gasteiger charge is 2.20. The van der Waals surface area contributed by atoms with E-state index in [1.807, 2.05) is 39.8 Å². The molecule has 1 aromatic rings. The van der Waals surface area contributed by atoms with Gasteiger partial charge in [0.05, 0.1) is 7.11 Å². The Bertz CT molecular complexity index is 467. The minimum Gasteiger partial charge on any atom is -0.496 e. The highest BCUT2D eigenvalue weighted by molar-refractivity contribution is 5.92. The van der Waals surface area contributed by atoms with E-state index < -0.39 is 0 Å². The van der Waals surface area contributed by atoms with E-state index in [0.29, 0.717) is 13.0 Å². The number of nitrogens with two attached hydrogens (primary N) is 1.